The van der Waals surface area contributed by atoms with E-state index in [4.69, 9.17) is 4.74 Å². The molecule has 0 saturated heterocycles. The largest absolute Gasteiger partial charge is 0.385 e. The lowest BCUT2D eigenvalue weighted by atomic mass is 9.65. The molecule has 1 heterocycles. The lowest BCUT2D eigenvalue weighted by Gasteiger charge is -2.53. The highest BCUT2D eigenvalue weighted by atomic mass is 16.5. The number of rotatable bonds is 7. The van der Waals surface area contributed by atoms with Gasteiger partial charge in [-0.05, 0) is 36.5 Å². The van der Waals surface area contributed by atoms with Crippen LogP contribution in [0, 0.1) is 0 Å². The number of benzene rings is 2. The van der Waals surface area contributed by atoms with Crippen molar-refractivity contribution in [2.24, 2.45) is 0 Å². The van der Waals surface area contributed by atoms with Gasteiger partial charge in [0.1, 0.15) is 0 Å². The molecule has 1 spiro atoms. The Labute approximate surface area is 184 Å². The first-order valence-electron chi connectivity index (χ1n) is 11.4. The van der Waals surface area contributed by atoms with Gasteiger partial charge in [-0.3, -0.25) is 9.59 Å². The van der Waals surface area contributed by atoms with E-state index in [2.05, 4.69) is 17.4 Å². The van der Waals surface area contributed by atoms with E-state index in [0.717, 1.165) is 49.7 Å². The number of fused-ring (bicyclic) bond motifs is 1. The standard InChI is InChI=1S/C26H32N2O3/c1-31-18-10-17-27-24(29)23-21-13-6-7-14-22(21)25(30)28(19-20-11-4-2-5-12-20)26(23)15-8-3-9-16-26/h2,4-7,11-14,23H,3,8-10,15-19H2,1H3,(H,27,29). The summed E-state index contributed by atoms with van der Waals surface area (Å²) in [6, 6.07) is 17.8. The fourth-order valence-electron chi connectivity index (χ4n) is 5.37. The number of nitrogens with one attached hydrogen (secondary N) is 1. The summed E-state index contributed by atoms with van der Waals surface area (Å²) in [4.78, 5) is 29.4. The topological polar surface area (TPSA) is 58.6 Å². The Morgan fingerprint density at radius 1 is 1.06 bits per heavy atom. The molecule has 0 radical (unpaired) electrons. The van der Waals surface area contributed by atoms with Crippen LogP contribution in [0.2, 0.25) is 0 Å². The third-order valence-corrected chi connectivity index (χ3v) is 6.81. The molecule has 0 aromatic heterocycles. The average Bonchev–Trinajstić information content (AvgIpc) is 2.81. The van der Waals surface area contributed by atoms with Crippen molar-refractivity contribution in [1.29, 1.82) is 0 Å². The minimum atomic E-state index is -0.481. The van der Waals surface area contributed by atoms with E-state index in [1.807, 2.05) is 47.4 Å². The van der Waals surface area contributed by atoms with Gasteiger partial charge < -0.3 is 15.0 Å². The van der Waals surface area contributed by atoms with Gasteiger partial charge in [-0.25, -0.2) is 0 Å². The molecule has 2 aromatic rings. The minimum absolute atomic E-state index is 0.0241. The first-order valence-corrected chi connectivity index (χ1v) is 11.4. The third-order valence-electron chi connectivity index (χ3n) is 6.81. The molecule has 1 fully saturated rings. The summed E-state index contributed by atoms with van der Waals surface area (Å²) in [5.41, 5.74) is 2.15. The lowest BCUT2D eigenvalue weighted by Crippen LogP contribution is -2.62. The number of nitrogens with zero attached hydrogens (tertiary/aromatic N) is 1. The monoisotopic (exact) mass is 420 g/mol. The molecule has 2 aliphatic rings. The predicted molar refractivity (Wildman–Crippen MR) is 121 cm³/mol. The summed E-state index contributed by atoms with van der Waals surface area (Å²) in [6.45, 7) is 1.72. The maximum atomic E-state index is 13.7. The summed E-state index contributed by atoms with van der Waals surface area (Å²) < 4.78 is 5.13. The van der Waals surface area contributed by atoms with Gasteiger partial charge in [0, 0.05) is 32.4 Å². The van der Waals surface area contributed by atoms with Gasteiger partial charge >= 0.3 is 0 Å². The Morgan fingerprint density at radius 3 is 2.52 bits per heavy atom. The molecular weight excluding hydrogens is 388 g/mol. The van der Waals surface area contributed by atoms with Crippen LogP contribution in [0.15, 0.2) is 54.6 Å². The van der Waals surface area contributed by atoms with E-state index in [-0.39, 0.29) is 17.7 Å². The van der Waals surface area contributed by atoms with Crippen molar-refractivity contribution in [2.45, 2.75) is 56.5 Å². The molecule has 5 heteroatoms. The van der Waals surface area contributed by atoms with Gasteiger partial charge in [0.2, 0.25) is 5.91 Å². The van der Waals surface area contributed by atoms with E-state index >= 15 is 0 Å². The van der Waals surface area contributed by atoms with Gasteiger partial charge in [-0.1, -0.05) is 67.8 Å². The van der Waals surface area contributed by atoms with Crippen molar-refractivity contribution in [3.8, 4) is 0 Å². The second-order valence-electron chi connectivity index (χ2n) is 8.70. The van der Waals surface area contributed by atoms with Crippen LogP contribution in [-0.4, -0.2) is 42.5 Å². The van der Waals surface area contributed by atoms with Gasteiger partial charge in [-0.2, -0.15) is 0 Å². The number of amides is 2. The summed E-state index contributed by atoms with van der Waals surface area (Å²) in [5, 5.41) is 3.14. The van der Waals surface area contributed by atoms with Gasteiger partial charge in [-0.15, -0.1) is 0 Å². The molecule has 4 rings (SSSR count). The Bertz CT molecular complexity index is 906. The first-order chi connectivity index (χ1) is 15.2. The van der Waals surface area contributed by atoms with E-state index < -0.39 is 5.54 Å². The van der Waals surface area contributed by atoms with E-state index in [1.165, 1.54) is 0 Å². The lowest BCUT2D eigenvalue weighted by molar-refractivity contribution is -0.127. The highest BCUT2D eigenvalue weighted by Crippen LogP contribution is 2.49. The normalized spacial score (nSPS) is 19.8. The van der Waals surface area contributed by atoms with Crippen molar-refractivity contribution < 1.29 is 14.3 Å². The molecule has 2 amide bonds. The van der Waals surface area contributed by atoms with Crippen LogP contribution in [0.1, 0.15) is 65.9 Å². The quantitative estimate of drug-likeness (QED) is 0.680. The zero-order valence-corrected chi connectivity index (χ0v) is 18.3. The smallest absolute Gasteiger partial charge is 0.254 e. The maximum Gasteiger partial charge on any atom is 0.254 e. The zero-order valence-electron chi connectivity index (χ0n) is 18.3. The molecule has 1 atom stereocenters. The van der Waals surface area contributed by atoms with Gasteiger partial charge in [0.05, 0.1) is 11.5 Å². The predicted octanol–water partition coefficient (Wildman–Crippen LogP) is 4.28. The van der Waals surface area contributed by atoms with Crippen molar-refractivity contribution in [3.63, 3.8) is 0 Å². The fraction of sp³-hybridized carbons (Fsp3) is 0.462. The van der Waals surface area contributed by atoms with E-state index in [0.29, 0.717) is 25.3 Å². The molecule has 1 unspecified atom stereocenters. The van der Waals surface area contributed by atoms with Crippen molar-refractivity contribution >= 4 is 11.8 Å². The van der Waals surface area contributed by atoms with Crippen LogP contribution in [0.25, 0.3) is 0 Å². The van der Waals surface area contributed by atoms with E-state index in [9.17, 15) is 9.59 Å². The zero-order chi connectivity index (χ0) is 21.7. The van der Waals surface area contributed by atoms with Crippen molar-refractivity contribution in [3.05, 3.63) is 71.3 Å². The van der Waals surface area contributed by atoms with E-state index in [1.54, 1.807) is 7.11 Å². The number of ether oxygens (including phenoxy) is 1. The number of methoxy groups -OCH3 is 1. The van der Waals surface area contributed by atoms with Crippen LogP contribution in [0.3, 0.4) is 0 Å². The fourth-order valence-corrected chi connectivity index (χ4v) is 5.37. The average molecular weight is 421 g/mol. The first kappa shape index (κ1) is 21.6. The third kappa shape index (κ3) is 4.24. The number of hydrogen-bond donors (Lipinski definition) is 1. The van der Waals surface area contributed by atoms with Crippen LogP contribution in [0.5, 0.6) is 0 Å². The van der Waals surface area contributed by atoms with Crippen LogP contribution in [0.4, 0.5) is 0 Å². The Morgan fingerprint density at radius 2 is 1.77 bits per heavy atom. The molecule has 164 valence electrons. The highest BCUT2D eigenvalue weighted by Gasteiger charge is 2.54. The molecule has 31 heavy (non-hydrogen) atoms. The Kier molecular flexibility index (Phi) is 6.71. The molecule has 1 aliphatic carbocycles. The summed E-state index contributed by atoms with van der Waals surface area (Å²) in [7, 11) is 1.67. The second-order valence-corrected chi connectivity index (χ2v) is 8.70. The van der Waals surface area contributed by atoms with Crippen molar-refractivity contribution in [2.75, 3.05) is 20.3 Å². The number of hydrogen-bond acceptors (Lipinski definition) is 3. The van der Waals surface area contributed by atoms with Crippen LogP contribution < -0.4 is 5.32 Å². The van der Waals surface area contributed by atoms with Gasteiger partial charge in [0.25, 0.3) is 5.91 Å². The maximum absolute atomic E-state index is 13.7. The number of carbonyl (C=O) groups excluding carboxylic acids is 2. The Balaban J connectivity index is 1.75. The number of carbonyl (C=O) groups is 2. The highest BCUT2D eigenvalue weighted by molar-refractivity contribution is 6.02. The van der Waals surface area contributed by atoms with Crippen LogP contribution >= 0.6 is 0 Å². The molecule has 2 aromatic carbocycles. The Hall–Kier alpha value is -2.66. The summed E-state index contributed by atoms with van der Waals surface area (Å²) in [6.07, 6.45) is 5.71. The minimum Gasteiger partial charge on any atom is -0.385 e. The summed E-state index contributed by atoms with van der Waals surface area (Å²) in [5.74, 6) is -0.284. The molecule has 1 N–H and O–H groups in total. The second kappa shape index (κ2) is 9.65. The van der Waals surface area contributed by atoms with Gasteiger partial charge in [0.15, 0.2) is 0 Å². The molecule has 1 aliphatic heterocycles. The van der Waals surface area contributed by atoms with Crippen molar-refractivity contribution in [1.82, 2.24) is 10.2 Å². The molecular formula is C26H32N2O3. The SMILES string of the molecule is COCCCNC(=O)C1c2ccccc2C(=O)N(Cc2ccccc2)C12CCCCC2. The molecule has 1 saturated carbocycles. The molecule has 0 bridgehead atoms. The summed E-state index contributed by atoms with van der Waals surface area (Å²) >= 11 is 0. The van der Waals surface area contributed by atoms with Crippen LogP contribution in [-0.2, 0) is 16.1 Å². The molecule has 5 nitrogen and oxygen atoms in total.